The van der Waals surface area contributed by atoms with Crippen molar-refractivity contribution < 1.29 is 115 Å². The maximum Gasteiger partial charge on any atom is 0.573 e. The number of alkyl halides is 23. The van der Waals surface area contributed by atoms with Gasteiger partial charge >= 0.3 is 50.0 Å². The summed E-state index contributed by atoms with van der Waals surface area (Å²) in [7, 11) is 1.56. The molecule has 0 atom stereocenters. The molecule has 15 aromatic heterocycles. The molecule has 0 radical (unpaired) electrons. The molecule has 0 aliphatic rings. The Bertz CT molecular complexity index is 8250. The summed E-state index contributed by atoms with van der Waals surface area (Å²) in [5.41, 5.74) is -5.39. The molecule has 20 rings (SSSR count). The van der Waals surface area contributed by atoms with Crippen LogP contribution in [0, 0.1) is 0 Å². The molecule has 28 nitrogen and oxygen atoms in total. The molecule has 0 saturated heterocycles. The molecule has 5 aromatic carbocycles. The third-order valence-corrected chi connectivity index (χ3v) is 21.6. The van der Waals surface area contributed by atoms with E-state index in [4.69, 9.17) is 51.1 Å². The number of hydrogen-bond acceptors (Lipinski definition) is 23. The first-order chi connectivity index (χ1) is 71.0. The molecule has 5 N–H and O–H groups in total. The second kappa shape index (κ2) is 43.4. The third-order valence-electron chi connectivity index (χ3n) is 20.2. The fourth-order valence-corrected chi connectivity index (χ4v) is 14.9. The number of aromatic nitrogens is 20. The van der Waals surface area contributed by atoms with Crippen molar-refractivity contribution in [1.82, 2.24) is 96.8 Å². The summed E-state index contributed by atoms with van der Waals surface area (Å²) in [6.45, 7) is -2.95. The van der Waals surface area contributed by atoms with E-state index in [0.29, 0.717) is 34.4 Å². The Morgan fingerprint density at radius 1 is 0.280 bits per heavy atom. The Morgan fingerprint density at radius 3 is 0.793 bits per heavy atom. The zero-order valence-corrected chi connectivity index (χ0v) is 79.0. The van der Waals surface area contributed by atoms with Crippen LogP contribution < -0.4 is 40.8 Å². The van der Waals surface area contributed by atoms with E-state index in [0.717, 1.165) is 43.2 Å². The average Bonchev–Trinajstić information content (AvgIpc) is 1.62. The van der Waals surface area contributed by atoms with E-state index in [9.17, 15) is 101 Å². The van der Waals surface area contributed by atoms with Gasteiger partial charge < -0.3 is 40.8 Å². The van der Waals surface area contributed by atoms with Crippen LogP contribution in [-0.4, -0.2) is 117 Å². The summed E-state index contributed by atoms with van der Waals surface area (Å²) < 4.78 is 323. The van der Waals surface area contributed by atoms with E-state index in [1.165, 1.54) is 196 Å². The first-order valence-corrected chi connectivity index (χ1v) is 44.3. The molecule has 0 aliphatic heterocycles. The molecule has 0 fully saturated rings. The van der Waals surface area contributed by atoms with Gasteiger partial charge in [0.2, 0.25) is 0 Å². The predicted octanol–water partition coefficient (Wildman–Crippen LogP) is 28.7. The number of benzene rings is 5. The molecule has 0 saturated carbocycles. The van der Waals surface area contributed by atoms with Crippen LogP contribution >= 0.6 is 62.3 Å². The molecule has 56 heteroatoms. The van der Waals surface area contributed by atoms with Crippen LogP contribution in [0.2, 0.25) is 20.1 Å². The molecular formula is C94H55BrCl4F23N25O3. The Balaban J connectivity index is 0.000000134. The summed E-state index contributed by atoms with van der Waals surface area (Å²) in [6, 6.07) is 51.9. The van der Waals surface area contributed by atoms with E-state index in [2.05, 4.69) is 127 Å². The van der Waals surface area contributed by atoms with Gasteiger partial charge in [0.1, 0.15) is 103 Å². The van der Waals surface area contributed by atoms with Gasteiger partial charge in [-0.2, -0.15) is 87.8 Å². The number of halogens is 28. The number of hydrogen-bond donors (Lipinski definition) is 5. The predicted molar refractivity (Wildman–Crippen MR) is 507 cm³/mol. The van der Waals surface area contributed by atoms with Gasteiger partial charge in [-0.3, -0.25) is 22.0 Å². The third kappa shape index (κ3) is 25.9. The summed E-state index contributed by atoms with van der Waals surface area (Å²) in [4.78, 5) is 59.1. The average molecular weight is 2240 g/mol. The first kappa shape index (κ1) is 106. The molecule has 15 heterocycles. The number of fused-ring (bicyclic) bond motifs is 5. The highest BCUT2D eigenvalue weighted by Crippen LogP contribution is 2.45. The minimum atomic E-state index is -4.83. The maximum absolute atomic E-state index is 13.6. The summed E-state index contributed by atoms with van der Waals surface area (Å²) in [6.07, 6.45) is -19.8. The number of imidazole rings is 5. The Labute approximate surface area is 852 Å². The van der Waals surface area contributed by atoms with Crippen molar-refractivity contribution in [3.63, 3.8) is 0 Å². The monoisotopic (exact) mass is 2240 g/mol. The van der Waals surface area contributed by atoms with Gasteiger partial charge in [0.15, 0.2) is 57.6 Å². The van der Waals surface area contributed by atoms with E-state index in [1.54, 1.807) is 67.8 Å². The highest BCUT2D eigenvalue weighted by atomic mass is 79.9. The van der Waals surface area contributed by atoms with Gasteiger partial charge in [-0.05, 0) is 212 Å². The van der Waals surface area contributed by atoms with Gasteiger partial charge in [-0.25, -0.2) is 74.8 Å². The van der Waals surface area contributed by atoms with Crippen molar-refractivity contribution in [2.24, 2.45) is 0 Å². The van der Waals surface area contributed by atoms with Gasteiger partial charge in [0.05, 0.1) is 32.8 Å². The number of rotatable bonds is 19. The Morgan fingerprint density at radius 2 is 0.533 bits per heavy atom. The molecule has 0 spiro atoms. The van der Waals surface area contributed by atoms with Crippen LogP contribution in [0.5, 0.6) is 17.2 Å². The molecule has 0 unspecified atom stereocenters. The number of nitrogens with one attached hydrogen (secondary N) is 5. The smallest absolute Gasteiger partial charge is 0.497 e. The Kier molecular flexibility index (Phi) is 30.7. The van der Waals surface area contributed by atoms with Crippen LogP contribution in [0.4, 0.5) is 159 Å². The molecule has 770 valence electrons. The number of anilines is 10. The lowest BCUT2D eigenvalue weighted by Gasteiger charge is -2.11. The Hall–Kier alpha value is -16.6. The van der Waals surface area contributed by atoms with Crippen molar-refractivity contribution in [3.05, 3.63) is 339 Å². The number of pyridine rings is 5. The van der Waals surface area contributed by atoms with Gasteiger partial charge in [-0.1, -0.05) is 68.4 Å². The van der Waals surface area contributed by atoms with Crippen LogP contribution in [0.3, 0.4) is 0 Å². The van der Waals surface area contributed by atoms with Gasteiger partial charge in [0, 0.05) is 94.9 Å². The first-order valence-electron chi connectivity index (χ1n) is 42.0. The van der Waals surface area contributed by atoms with Crippen LogP contribution in [0.25, 0.3) is 85.8 Å². The summed E-state index contributed by atoms with van der Waals surface area (Å²) in [5, 5.41) is 15.3. The quantitative estimate of drug-likeness (QED) is 0.0470. The van der Waals surface area contributed by atoms with Crippen molar-refractivity contribution in [1.29, 1.82) is 0 Å². The second-order valence-corrected chi connectivity index (χ2v) is 33.2. The zero-order valence-electron chi connectivity index (χ0n) is 74.4. The zero-order chi connectivity index (χ0) is 107. The molecule has 150 heavy (non-hydrogen) atoms. The van der Waals surface area contributed by atoms with Crippen molar-refractivity contribution >= 4 is 148 Å². The molecular weight excluding hydrogens is 2190 g/mol. The highest BCUT2D eigenvalue weighted by molar-refractivity contribution is 9.10. The fourth-order valence-electron chi connectivity index (χ4n) is 14.0. The minimum Gasteiger partial charge on any atom is -0.497 e. The lowest BCUT2D eigenvalue weighted by atomic mass is 10.2. The van der Waals surface area contributed by atoms with Crippen molar-refractivity contribution in [2.75, 3.05) is 33.7 Å². The standard InChI is InChI=1S/C19H10ClF6N5O.C19H10ClF6N5.C19H11ClF5N5O.C19H14F3N5O.C18H10BrClF3N5/c20-10-1-6-14-30-16(18(21,22)23)15(31(14)9-10)17-27-8-7-13(29-17)28-11-2-4-12(5-3-11)32-19(24,25)26;20-11-3-6-14-30-16(19(24,25)26)15(31(14)9-11)17-27-8-7-13(29-17)28-12-4-1-10(2-5-12)18(21,22)23;20-10-1-6-14-29-16(19(23,24)25)15(30(14)9-10)17-26-8-7-13(28-17)27-11-2-4-12(5-3-11)31-18(21)22;1-28-13-7-5-12(6-8-13)24-14-9-10-23-18(25-14)16-17(19(20,21)22)26-15-4-2-3-11-27(15)16;19-10-1-4-12(5-2-10)25-13-7-8-24-17(26-13)15-16(18(21,22)23)27-14-6-3-11(20)9-28(14)15/h1-9H,(H,27,28,29);1-9H,(H,27,28,29);1-9,18H,(H,26,27,28);2-11H,1H3,(H,23,24,25);1-9H,(H,24,25,26). The minimum absolute atomic E-state index is 0.000981. The number of ether oxygens (including phenoxy) is 3. The van der Waals surface area contributed by atoms with E-state index in [1.807, 2.05) is 12.1 Å². The van der Waals surface area contributed by atoms with E-state index >= 15 is 0 Å². The summed E-state index contributed by atoms with van der Waals surface area (Å²) in [5.74, 6) is 0.273. The highest BCUT2D eigenvalue weighted by Gasteiger charge is 2.45. The molecule has 0 aliphatic carbocycles. The second-order valence-electron chi connectivity index (χ2n) is 30.5. The van der Waals surface area contributed by atoms with Crippen molar-refractivity contribution in [2.45, 2.75) is 50.0 Å². The topological polar surface area (TPSA) is 303 Å². The number of methoxy groups -OCH3 is 1. The summed E-state index contributed by atoms with van der Waals surface area (Å²) >= 11 is 27.1. The fraction of sp³-hybridized carbons (Fsp3) is 0.0957. The largest absolute Gasteiger partial charge is 0.573 e. The molecule has 0 amide bonds. The van der Waals surface area contributed by atoms with Gasteiger partial charge in [-0.15, -0.1) is 13.2 Å². The lowest BCUT2D eigenvalue weighted by molar-refractivity contribution is -0.274. The van der Waals surface area contributed by atoms with Crippen LogP contribution in [0.1, 0.15) is 34.0 Å². The molecule has 20 aromatic rings. The maximum atomic E-state index is 13.6. The van der Waals surface area contributed by atoms with Crippen LogP contribution in [0.15, 0.2) is 285 Å². The van der Waals surface area contributed by atoms with E-state index in [-0.39, 0.29) is 123 Å². The van der Waals surface area contributed by atoms with Crippen molar-refractivity contribution in [3.8, 4) is 74.8 Å². The van der Waals surface area contributed by atoms with Gasteiger partial charge in [0.25, 0.3) is 0 Å². The molecule has 0 bridgehead atoms. The SMILES string of the molecule is COc1ccc(Nc2ccnc(-c3c(C(F)(F)F)nc4ccccn34)n2)cc1.FC(F)(F)Oc1ccc(Nc2ccnc(-c3c(C(F)(F)F)nc4ccc(Cl)cn34)n2)cc1.FC(F)(F)c1ccc(Nc2ccnc(-c3c(C(F)(F)F)nc4ccc(Cl)cn34)n2)cc1.FC(F)(F)c1nc2ccc(Cl)cn2c1-c1nccc(Nc2ccc(Br)cc2)n1.FC(F)Oc1ccc(Nc2ccnc(-c3c(C(F)(F)F)nc4ccc(Cl)cn34)n2)cc1. The normalized spacial score (nSPS) is 12.0. The number of nitrogens with zero attached hydrogens (tertiary/aromatic N) is 20. The van der Waals surface area contributed by atoms with Crippen LogP contribution in [-0.2, 0) is 37.1 Å². The lowest BCUT2D eigenvalue weighted by Crippen LogP contribution is -2.16. The van der Waals surface area contributed by atoms with E-state index < -0.39 is 101 Å².